The maximum atomic E-state index is 12.3. The van der Waals surface area contributed by atoms with Crippen molar-refractivity contribution < 1.29 is 19.8 Å². The number of nitrogens with zero attached hydrogens (tertiary/aromatic N) is 2. The van der Waals surface area contributed by atoms with Gasteiger partial charge in [-0.1, -0.05) is 62.7 Å². The van der Waals surface area contributed by atoms with Gasteiger partial charge in [0.25, 0.3) is 5.91 Å². The van der Waals surface area contributed by atoms with Crippen molar-refractivity contribution >= 4 is 11.9 Å². The molecular weight excluding hydrogens is 406 g/mol. The van der Waals surface area contributed by atoms with Crippen LogP contribution >= 0.6 is 0 Å². The van der Waals surface area contributed by atoms with Gasteiger partial charge in [0, 0.05) is 13.0 Å². The predicted octanol–water partition coefficient (Wildman–Crippen LogP) is 4.18. The predicted molar refractivity (Wildman–Crippen MR) is 123 cm³/mol. The van der Waals surface area contributed by atoms with Crippen LogP contribution in [0.3, 0.4) is 0 Å². The molecule has 1 heterocycles. The van der Waals surface area contributed by atoms with Gasteiger partial charge in [0.05, 0.1) is 11.7 Å². The zero-order valence-corrected chi connectivity index (χ0v) is 18.4. The number of aryl methyl sites for hydroxylation is 1. The van der Waals surface area contributed by atoms with Gasteiger partial charge in [0.1, 0.15) is 17.2 Å². The Labute approximate surface area is 187 Å². The number of hydrogen-bond acceptors (Lipinski definition) is 4. The molecule has 1 aromatic heterocycles. The molecule has 0 saturated carbocycles. The van der Waals surface area contributed by atoms with Crippen molar-refractivity contribution in [2.75, 3.05) is 0 Å². The van der Waals surface area contributed by atoms with Crippen LogP contribution in [0.25, 0.3) is 11.1 Å². The minimum Gasteiger partial charge on any atom is -0.478 e. The van der Waals surface area contributed by atoms with Crippen molar-refractivity contribution in [3.8, 4) is 11.1 Å². The van der Waals surface area contributed by atoms with E-state index in [9.17, 15) is 19.8 Å². The Bertz CT molecular complexity index is 1110. The number of aliphatic hydroxyl groups excluding tert-OH is 1. The Morgan fingerprint density at radius 3 is 2.44 bits per heavy atom. The molecule has 0 aliphatic carbocycles. The average molecular weight is 436 g/mol. The molecule has 7 nitrogen and oxygen atoms in total. The largest absolute Gasteiger partial charge is 0.478 e. The number of benzene rings is 2. The van der Waals surface area contributed by atoms with Crippen LogP contribution < -0.4 is 5.73 Å². The smallest absolute Gasteiger partial charge is 0.336 e. The molecule has 0 aliphatic rings. The topological polar surface area (TPSA) is 118 Å². The number of aromatic nitrogens is 2. The monoisotopic (exact) mass is 435 g/mol. The first-order valence-electron chi connectivity index (χ1n) is 10.9. The van der Waals surface area contributed by atoms with Gasteiger partial charge in [-0.2, -0.15) is 0 Å². The van der Waals surface area contributed by atoms with Crippen LogP contribution in [0.5, 0.6) is 0 Å². The lowest BCUT2D eigenvalue weighted by atomic mass is 9.97. The number of amides is 1. The molecule has 3 rings (SSSR count). The zero-order chi connectivity index (χ0) is 23.3. The number of primary amides is 1. The third-order valence-corrected chi connectivity index (χ3v) is 5.50. The number of carboxylic acid groups (broad SMARTS) is 1. The first kappa shape index (κ1) is 23.2. The van der Waals surface area contributed by atoms with Crippen molar-refractivity contribution in [1.82, 2.24) is 9.55 Å². The summed E-state index contributed by atoms with van der Waals surface area (Å²) in [5, 5.41) is 20.2. The van der Waals surface area contributed by atoms with E-state index in [0.29, 0.717) is 29.8 Å². The molecule has 2 aromatic carbocycles. The second kappa shape index (κ2) is 10.2. The number of carboxylic acids is 1. The molecular formula is C25H29N3O4. The van der Waals surface area contributed by atoms with Gasteiger partial charge in [0.15, 0.2) is 0 Å². The van der Waals surface area contributed by atoms with Gasteiger partial charge in [0.2, 0.25) is 0 Å². The summed E-state index contributed by atoms with van der Waals surface area (Å²) < 4.78 is 1.72. The zero-order valence-electron chi connectivity index (χ0n) is 18.4. The van der Waals surface area contributed by atoms with Crippen molar-refractivity contribution in [3.05, 3.63) is 76.9 Å². The van der Waals surface area contributed by atoms with Crippen LogP contribution in [0.2, 0.25) is 0 Å². The number of hydrogen-bond donors (Lipinski definition) is 3. The fourth-order valence-corrected chi connectivity index (χ4v) is 3.82. The number of carbonyl (C=O) groups is 2. The van der Waals surface area contributed by atoms with Crippen molar-refractivity contribution in [2.45, 2.75) is 52.2 Å². The number of carbonyl (C=O) groups excluding carboxylic acids is 1. The van der Waals surface area contributed by atoms with Crippen molar-refractivity contribution in [3.63, 3.8) is 0 Å². The lowest BCUT2D eigenvalue weighted by molar-refractivity contribution is 0.0697. The molecule has 0 aliphatic heterocycles. The van der Waals surface area contributed by atoms with Crippen LogP contribution in [0.15, 0.2) is 48.5 Å². The summed E-state index contributed by atoms with van der Waals surface area (Å²) in [6.07, 6.45) is 1.94. The minimum atomic E-state index is -1.03. The number of unbranched alkanes of at least 4 members (excludes halogenated alkanes) is 1. The summed E-state index contributed by atoms with van der Waals surface area (Å²) in [4.78, 5) is 28.9. The molecule has 168 valence electrons. The van der Waals surface area contributed by atoms with Gasteiger partial charge in [-0.05, 0) is 35.6 Å². The number of rotatable bonds is 10. The second-order valence-electron chi connectivity index (χ2n) is 7.79. The summed E-state index contributed by atoms with van der Waals surface area (Å²) in [5.74, 6) is -1.03. The van der Waals surface area contributed by atoms with Crippen LogP contribution in [-0.2, 0) is 13.0 Å². The van der Waals surface area contributed by atoms with Crippen LogP contribution in [0.1, 0.15) is 77.1 Å². The molecule has 1 amide bonds. The minimum absolute atomic E-state index is 0.175. The third-order valence-electron chi connectivity index (χ3n) is 5.50. The van der Waals surface area contributed by atoms with Gasteiger partial charge >= 0.3 is 5.97 Å². The molecule has 1 atom stereocenters. The van der Waals surface area contributed by atoms with E-state index in [2.05, 4.69) is 11.9 Å². The van der Waals surface area contributed by atoms with E-state index >= 15 is 0 Å². The maximum Gasteiger partial charge on any atom is 0.336 e. The third kappa shape index (κ3) is 4.89. The van der Waals surface area contributed by atoms with Gasteiger partial charge in [-0.15, -0.1) is 0 Å². The lowest BCUT2D eigenvalue weighted by Gasteiger charge is -2.14. The molecule has 0 radical (unpaired) electrons. The highest BCUT2D eigenvalue weighted by Crippen LogP contribution is 2.27. The molecule has 1 unspecified atom stereocenters. The fourth-order valence-electron chi connectivity index (χ4n) is 3.82. The Morgan fingerprint density at radius 1 is 1.12 bits per heavy atom. The average Bonchev–Trinajstić information content (AvgIpc) is 3.15. The Hall–Kier alpha value is -3.45. The van der Waals surface area contributed by atoms with Gasteiger partial charge in [-0.3, -0.25) is 4.79 Å². The summed E-state index contributed by atoms with van der Waals surface area (Å²) in [6, 6.07) is 14.6. The SMILES string of the molecule is CCCCc1nc(C(O)CC)c(C(N)=O)n1Cc1ccc(-c2ccccc2)c(C(=O)O)c1. The van der Waals surface area contributed by atoms with E-state index in [1.807, 2.05) is 43.3 Å². The summed E-state index contributed by atoms with van der Waals surface area (Å²) >= 11 is 0. The number of nitrogens with two attached hydrogens (primary N) is 1. The molecule has 0 bridgehead atoms. The first-order valence-corrected chi connectivity index (χ1v) is 10.9. The second-order valence-corrected chi connectivity index (χ2v) is 7.79. The van der Waals surface area contributed by atoms with Crippen molar-refractivity contribution in [2.24, 2.45) is 5.73 Å². The normalized spacial score (nSPS) is 12.0. The Kier molecular flexibility index (Phi) is 7.43. The first-order chi connectivity index (χ1) is 15.4. The van der Waals surface area contributed by atoms with Gasteiger partial charge < -0.3 is 20.5 Å². The molecule has 0 spiro atoms. The van der Waals surface area contributed by atoms with Crippen LogP contribution in [0, 0.1) is 0 Å². The highest BCUT2D eigenvalue weighted by Gasteiger charge is 2.25. The molecule has 7 heteroatoms. The molecule has 3 aromatic rings. The Balaban J connectivity index is 2.09. The molecule has 4 N–H and O–H groups in total. The molecule has 32 heavy (non-hydrogen) atoms. The maximum absolute atomic E-state index is 12.3. The quantitative estimate of drug-likeness (QED) is 0.441. The van der Waals surface area contributed by atoms with Crippen LogP contribution in [-0.4, -0.2) is 31.6 Å². The number of imidazole rings is 1. The van der Waals surface area contributed by atoms with Gasteiger partial charge in [-0.25, -0.2) is 9.78 Å². The number of aromatic carboxylic acids is 1. The Morgan fingerprint density at radius 2 is 1.84 bits per heavy atom. The van der Waals surface area contributed by atoms with Crippen molar-refractivity contribution in [1.29, 1.82) is 0 Å². The summed E-state index contributed by atoms with van der Waals surface area (Å²) in [6.45, 7) is 4.10. The van der Waals surface area contributed by atoms with E-state index < -0.39 is 18.0 Å². The highest BCUT2D eigenvalue weighted by molar-refractivity contribution is 5.96. The van der Waals surface area contributed by atoms with Crippen LogP contribution in [0.4, 0.5) is 0 Å². The fraction of sp³-hybridized carbons (Fsp3) is 0.320. The van der Waals surface area contributed by atoms with E-state index in [0.717, 1.165) is 18.4 Å². The molecule has 0 fully saturated rings. The lowest BCUT2D eigenvalue weighted by Crippen LogP contribution is -2.21. The standard InChI is InChI=1S/C25H29N3O4/c1-3-5-11-21-27-22(20(29)4-2)23(24(26)30)28(21)15-16-12-13-18(19(14-16)25(31)32)17-9-7-6-8-10-17/h6-10,12-14,20,29H,3-5,11,15H2,1-2H3,(H2,26,30)(H,31,32). The summed E-state index contributed by atoms with van der Waals surface area (Å²) in [5.41, 5.74) is 8.45. The molecule has 0 saturated heterocycles. The van der Waals surface area contributed by atoms with E-state index in [1.165, 1.54) is 0 Å². The highest BCUT2D eigenvalue weighted by atomic mass is 16.4. The van der Waals surface area contributed by atoms with E-state index in [-0.39, 0.29) is 23.5 Å². The van der Waals surface area contributed by atoms with E-state index in [1.54, 1.807) is 16.7 Å². The number of aliphatic hydroxyl groups is 1. The van der Waals surface area contributed by atoms with E-state index in [4.69, 9.17) is 5.73 Å². The summed E-state index contributed by atoms with van der Waals surface area (Å²) in [7, 11) is 0.